The first kappa shape index (κ1) is 15.7. The predicted octanol–water partition coefficient (Wildman–Crippen LogP) is 2.96. The third kappa shape index (κ3) is 3.51. The van der Waals surface area contributed by atoms with E-state index in [1.807, 2.05) is 6.07 Å². The number of anilines is 1. The molecule has 1 aliphatic heterocycles. The molecule has 2 aromatic carbocycles. The Morgan fingerprint density at radius 3 is 2.28 bits per heavy atom. The molecule has 0 bridgehead atoms. The summed E-state index contributed by atoms with van der Waals surface area (Å²) in [5.74, 6) is 1.49. The summed E-state index contributed by atoms with van der Waals surface area (Å²) in [5.41, 5.74) is 3.37. The summed E-state index contributed by atoms with van der Waals surface area (Å²) in [4.78, 5) is 18.0. The van der Waals surface area contributed by atoms with Crippen molar-refractivity contribution in [1.29, 1.82) is 0 Å². The molecule has 0 spiro atoms. The van der Waals surface area contributed by atoms with Crippen molar-refractivity contribution in [3.05, 3.63) is 60.9 Å². The molecule has 3 aromatic rings. The van der Waals surface area contributed by atoms with Gasteiger partial charge in [0.05, 0.1) is 0 Å². The van der Waals surface area contributed by atoms with E-state index >= 15 is 0 Å². The highest BCUT2D eigenvalue weighted by molar-refractivity contribution is 5.70. The molecule has 2 heterocycles. The van der Waals surface area contributed by atoms with Crippen LogP contribution in [0.5, 0.6) is 0 Å². The molecule has 0 unspecified atom stereocenters. The summed E-state index contributed by atoms with van der Waals surface area (Å²) >= 11 is 0. The van der Waals surface area contributed by atoms with Crippen molar-refractivity contribution in [3.63, 3.8) is 0 Å². The second-order valence-corrected chi connectivity index (χ2v) is 6.35. The van der Waals surface area contributed by atoms with Crippen LogP contribution < -0.4 is 4.90 Å². The highest BCUT2D eigenvalue weighted by atomic mass is 15.3. The van der Waals surface area contributed by atoms with Crippen LogP contribution >= 0.6 is 0 Å². The largest absolute Gasteiger partial charge is 0.338 e. The van der Waals surface area contributed by atoms with E-state index in [0.717, 1.165) is 43.5 Å². The Bertz CT molecular complexity index is 841. The fraction of sp³-hybridized carbons (Fsp3) is 0.250. The zero-order valence-corrected chi connectivity index (χ0v) is 14.3. The van der Waals surface area contributed by atoms with Gasteiger partial charge >= 0.3 is 0 Å². The van der Waals surface area contributed by atoms with E-state index in [0.29, 0.717) is 0 Å². The van der Waals surface area contributed by atoms with Crippen molar-refractivity contribution in [2.45, 2.75) is 0 Å². The van der Waals surface area contributed by atoms with E-state index < -0.39 is 0 Å². The Kier molecular flexibility index (Phi) is 4.39. The molecule has 0 aliphatic carbocycles. The number of nitrogens with zero attached hydrogens (tertiary/aromatic N) is 5. The van der Waals surface area contributed by atoms with E-state index in [9.17, 15) is 0 Å². The van der Waals surface area contributed by atoms with E-state index in [2.05, 4.69) is 75.3 Å². The van der Waals surface area contributed by atoms with Crippen LogP contribution in [0.4, 0.5) is 5.95 Å². The highest BCUT2D eigenvalue weighted by Gasteiger charge is 2.17. The predicted molar refractivity (Wildman–Crippen MR) is 100 cm³/mol. The molecular weight excluding hydrogens is 310 g/mol. The lowest BCUT2D eigenvalue weighted by Crippen LogP contribution is -2.45. The quantitative estimate of drug-likeness (QED) is 0.738. The maximum atomic E-state index is 4.71. The summed E-state index contributed by atoms with van der Waals surface area (Å²) in [6, 6.07) is 18.7. The van der Waals surface area contributed by atoms with Crippen LogP contribution in [0.15, 0.2) is 60.9 Å². The number of hydrogen-bond donors (Lipinski definition) is 0. The minimum Gasteiger partial charge on any atom is -0.338 e. The average molecular weight is 331 g/mol. The van der Waals surface area contributed by atoms with Crippen LogP contribution in [0.3, 0.4) is 0 Å². The summed E-state index contributed by atoms with van der Waals surface area (Å²) in [6.45, 7) is 3.96. The minimum atomic E-state index is 0.724. The Balaban J connectivity index is 1.63. The van der Waals surface area contributed by atoms with Crippen LogP contribution in [-0.2, 0) is 0 Å². The fourth-order valence-electron chi connectivity index (χ4n) is 3.05. The van der Waals surface area contributed by atoms with Crippen LogP contribution in [0, 0.1) is 0 Å². The van der Waals surface area contributed by atoms with Crippen molar-refractivity contribution in [2.75, 3.05) is 38.1 Å². The summed E-state index contributed by atoms with van der Waals surface area (Å²) in [5, 5.41) is 0. The van der Waals surface area contributed by atoms with E-state index in [4.69, 9.17) is 4.98 Å². The molecule has 25 heavy (non-hydrogen) atoms. The lowest BCUT2D eigenvalue weighted by atomic mass is 10.0. The Morgan fingerprint density at radius 2 is 1.48 bits per heavy atom. The molecule has 0 amide bonds. The average Bonchev–Trinajstić information content (AvgIpc) is 2.69. The van der Waals surface area contributed by atoms with Gasteiger partial charge in [-0.25, -0.2) is 9.97 Å². The SMILES string of the molecule is CN1CCN(c2ncnc(-c3cccc(-c4ccccc4)c3)n2)CC1. The molecule has 0 radical (unpaired) electrons. The fourth-order valence-corrected chi connectivity index (χ4v) is 3.05. The molecular formula is C20H21N5. The summed E-state index contributed by atoms with van der Waals surface area (Å²) in [6.07, 6.45) is 1.62. The van der Waals surface area contributed by atoms with E-state index in [-0.39, 0.29) is 0 Å². The number of piperazine rings is 1. The molecule has 0 atom stereocenters. The van der Waals surface area contributed by atoms with Crippen molar-refractivity contribution >= 4 is 5.95 Å². The maximum absolute atomic E-state index is 4.71. The molecule has 5 heteroatoms. The maximum Gasteiger partial charge on any atom is 0.228 e. The topological polar surface area (TPSA) is 45.2 Å². The normalized spacial score (nSPS) is 15.3. The molecule has 1 aromatic heterocycles. The van der Waals surface area contributed by atoms with Crippen molar-refractivity contribution in [2.24, 2.45) is 0 Å². The Labute approximate surface area is 148 Å². The zero-order chi connectivity index (χ0) is 17.1. The summed E-state index contributed by atoms with van der Waals surface area (Å²) < 4.78 is 0. The lowest BCUT2D eigenvalue weighted by molar-refractivity contribution is 0.311. The first-order valence-corrected chi connectivity index (χ1v) is 8.58. The molecule has 1 aliphatic rings. The van der Waals surface area contributed by atoms with Gasteiger partial charge in [0.2, 0.25) is 5.95 Å². The van der Waals surface area contributed by atoms with Gasteiger partial charge in [-0.05, 0) is 24.2 Å². The number of hydrogen-bond acceptors (Lipinski definition) is 5. The number of benzene rings is 2. The number of likely N-dealkylation sites (N-methyl/N-ethyl adjacent to an activating group) is 1. The molecule has 4 rings (SSSR count). The standard InChI is InChI=1S/C20H21N5/c1-24-10-12-25(13-11-24)20-22-15-21-19(23-20)18-9-5-8-17(14-18)16-6-3-2-4-7-16/h2-9,14-15H,10-13H2,1H3. The van der Waals surface area contributed by atoms with Gasteiger partial charge in [-0.15, -0.1) is 0 Å². The van der Waals surface area contributed by atoms with Crippen LogP contribution in [-0.4, -0.2) is 53.1 Å². The van der Waals surface area contributed by atoms with E-state index in [1.54, 1.807) is 6.33 Å². The first-order chi connectivity index (χ1) is 12.3. The Morgan fingerprint density at radius 1 is 0.760 bits per heavy atom. The van der Waals surface area contributed by atoms with Crippen LogP contribution in [0.1, 0.15) is 0 Å². The molecule has 0 saturated carbocycles. The van der Waals surface area contributed by atoms with Gasteiger partial charge in [0.15, 0.2) is 5.82 Å². The van der Waals surface area contributed by atoms with Gasteiger partial charge in [-0.3, -0.25) is 0 Å². The molecule has 5 nitrogen and oxygen atoms in total. The van der Waals surface area contributed by atoms with E-state index in [1.165, 1.54) is 11.1 Å². The van der Waals surface area contributed by atoms with Gasteiger partial charge in [-0.1, -0.05) is 48.5 Å². The monoisotopic (exact) mass is 331 g/mol. The zero-order valence-electron chi connectivity index (χ0n) is 14.3. The smallest absolute Gasteiger partial charge is 0.228 e. The van der Waals surface area contributed by atoms with Crippen molar-refractivity contribution < 1.29 is 0 Å². The highest BCUT2D eigenvalue weighted by Crippen LogP contribution is 2.25. The van der Waals surface area contributed by atoms with Crippen LogP contribution in [0.2, 0.25) is 0 Å². The third-order valence-corrected chi connectivity index (χ3v) is 4.57. The lowest BCUT2D eigenvalue weighted by Gasteiger charge is -2.32. The van der Waals surface area contributed by atoms with Crippen LogP contribution in [0.25, 0.3) is 22.5 Å². The van der Waals surface area contributed by atoms with Gasteiger partial charge in [0.1, 0.15) is 6.33 Å². The second-order valence-electron chi connectivity index (χ2n) is 6.35. The van der Waals surface area contributed by atoms with Gasteiger partial charge in [-0.2, -0.15) is 4.98 Å². The third-order valence-electron chi connectivity index (χ3n) is 4.57. The number of aromatic nitrogens is 3. The van der Waals surface area contributed by atoms with Crippen molar-refractivity contribution in [3.8, 4) is 22.5 Å². The Hall–Kier alpha value is -2.79. The van der Waals surface area contributed by atoms with Crippen molar-refractivity contribution in [1.82, 2.24) is 19.9 Å². The second kappa shape index (κ2) is 6.99. The summed E-state index contributed by atoms with van der Waals surface area (Å²) in [7, 11) is 2.14. The molecule has 1 saturated heterocycles. The molecule has 1 fully saturated rings. The van der Waals surface area contributed by atoms with Gasteiger partial charge < -0.3 is 9.80 Å². The number of rotatable bonds is 3. The minimum absolute atomic E-state index is 0.724. The molecule has 0 N–H and O–H groups in total. The molecule has 126 valence electrons. The van der Waals surface area contributed by atoms with Gasteiger partial charge in [0, 0.05) is 31.7 Å². The first-order valence-electron chi connectivity index (χ1n) is 8.58. The van der Waals surface area contributed by atoms with Gasteiger partial charge in [0.25, 0.3) is 0 Å².